The predicted octanol–water partition coefficient (Wildman–Crippen LogP) is 3.91. The Morgan fingerprint density at radius 3 is 2.74 bits per heavy atom. The second-order valence-electron chi connectivity index (χ2n) is 10.1. The topological polar surface area (TPSA) is 120 Å². The number of thiazole rings is 1. The first-order chi connectivity index (χ1) is 18.2. The highest BCUT2D eigenvalue weighted by Crippen LogP contribution is 2.38. The van der Waals surface area contributed by atoms with Gasteiger partial charge in [0.25, 0.3) is 5.91 Å². The van der Waals surface area contributed by atoms with Crippen molar-refractivity contribution in [1.29, 1.82) is 5.26 Å². The molecular formula is C28H30N6O3S. The monoisotopic (exact) mass is 530 g/mol. The van der Waals surface area contributed by atoms with Gasteiger partial charge in [0.05, 0.1) is 35.9 Å². The molecule has 2 aliphatic rings. The Morgan fingerprint density at radius 1 is 1.18 bits per heavy atom. The molecule has 1 saturated heterocycles. The molecule has 1 aromatic carbocycles. The summed E-state index contributed by atoms with van der Waals surface area (Å²) in [6.45, 7) is 7.36. The number of pyridine rings is 1. The van der Waals surface area contributed by atoms with Crippen LogP contribution in [0.3, 0.4) is 0 Å². The van der Waals surface area contributed by atoms with Crippen molar-refractivity contribution in [3.8, 4) is 17.5 Å². The van der Waals surface area contributed by atoms with E-state index >= 15 is 0 Å². The van der Waals surface area contributed by atoms with Gasteiger partial charge in [-0.05, 0) is 69.0 Å². The molecule has 0 unspecified atom stereocenters. The number of nitrogens with one attached hydrogen (secondary N) is 2. The Morgan fingerprint density at radius 2 is 1.97 bits per heavy atom. The van der Waals surface area contributed by atoms with Crippen molar-refractivity contribution >= 4 is 34.1 Å². The van der Waals surface area contributed by atoms with E-state index in [1.54, 1.807) is 12.1 Å². The number of aromatic nitrogens is 2. The van der Waals surface area contributed by atoms with E-state index in [4.69, 9.17) is 9.72 Å². The summed E-state index contributed by atoms with van der Waals surface area (Å²) in [4.78, 5) is 36.7. The molecule has 2 N–H and O–H groups in total. The first-order valence-corrected chi connectivity index (χ1v) is 13.6. The van der Waals surface area contributed by atoms with Crippen molar-refractivity contribution in [2.24, 2.45) is 0 Å². The van der Waals surface area contributed by atoms with Crippen molar-refractivity contribution < 1.29 is 14.3 Å². The fourth-order valence-corrected chi connectivity index (χ4v) is 5.79. The van der Waals surface area contributed by atoms with Crippen LogP contribution in [-0.4, -0.2) is 53.6 Å². The van der Waals surface area contributed by atoms with Crippen LogP contribution in [0.1, 0.15) is 48.7 Å². The zero-order valence-corrected chi connectivity index (χ0v) is 22.5. The number of anilines is 2. The number of hydrogen-bond acceptors (Lipinski definition) is 8. The normalized spacial score (nSPS) is 22.4. The third-order valence-corrected chi connectivity index (χ3v) is 7.77. The van der Waals surface area contributed by atoms with Gasteiger partial charge in [0, 0.05) is 24.0 Å². The first kappa shape index (κ1) is 25.8. The molecule has 0 bridgehead atoms. The number of carbonyl (C=O) groups excluding carboxylic acids is 2. The van der Waals surface area contributed by atoms with Gasteiger partial charge in [-0.2, -0.15) is 5.26 Å². The molecule has 196 valence electrons. The van der Waals surface area contributed by atoms with Crippen LogP contribution in [0, 0.1) is 11.3 Å². The quantitative estimate of drug-likeness (QED) is 0.496. The number of rotatable bonds is 6. The van der Waals surface area contributed by atoms with Gasteiger partial charge in [-0.1, -0.05) is 12.1 Å². The summed E-state index contributed by atoms with van der Waals surface area (Å²) < 4.78 is 5.82. The van der Waals surface area contributed by atoms with Gasteiger partial charge in [0.15, 0.2) is 5.13 Å². The molecule has 3 aromatic rings. The minimum atomic E-state index is -0.584. The van der Waals surface area contributed by atoms with E-state index in [9.17, 15) is 14.9 Å². The van der Waals surface area contributed by atoms with Crippen molar-refractivity contribution in [3.05, 3.63) is 58.5 Å². The Kier molecular flexibility index (Phi) is 7.15. The molecule has 10 heteroatoms. The lowest BCUT2D eigenvalue weighted by molar-refractivity contribution is -0.115. The predicted molar refractivity (Wildman–Crippen MR) is 146 cm³/mol. The van der Waals surface area contributed by atoms with Gasteiger partial charge in [-0.3, -0.25) is 9.59 Å². The fourth-order valence-electron chi connectivity index (χ4n) is 5.07. The molecular weight excluding hydrogens is 500 g/mol. The highest BCUT2D eigenvalue weighted by molar-refractivity contribution is 7.14. The fraction of sp³-hybridized carbons (Fsp3) is 0.393. The summed E-state index contributed by atoms with van der Waals surface area (Å²) >= 11 is 1.30. The SMILES string of the molecule is C[C@@H]1CN(c2cccc(-c3csc(NC(=O)CNC(=O)c4ccc5c(c4)[C@@](C)(C#N)CC5)n3)n2)C[C@H](C)O1. The van der Waals surface area contributed by atoms with Gasteiger partial charge in [-0.25, -0.2) is 9.97 Å². The molecule has 0 radical (unpaired) electrons. The molecule has 3 atom stereocenters. The van der Waals surface area contributed by atoms with E-state index in [-0.39, 0.29) is 30.6 Å². The van der Waals surface area contributed by atoms with Crippen LogP contribution >= 0.6 is 11.3 Å². The second-order valence-corrected chi connectivity index (χ2v) is 11.0. The van der Waals surface area contributed by atoms with Crippen molar-refractivity contribution in [1.82, 2.24) is 15.3 Å². The molecule has 1 fully saturated rings. The maximum Gasteiger partial charge on any atom is 0.251 e. The van der Waals surface area contributed by atoms with Crippen LogP contribution in [0.2, 0.25) is 0 Å². The van der Waals surface area contributed by atoms with Crippen molar-refractivity contribution in [3.63, 3.8) is 0 Å². The maximum absolute atomic E-state index is 12.7. The zero-order valence-electron chi connectivity index (χ0n) is 21.7. The highest BCUT2D eigenvalue weighted by atomic mass is 32.1. The van der Waals surface area contributed by atoms with Crippen LogP contribution < -0.4 is 15.5 Å². The molecule has 1 aliphatic heterocycles. The Bertz CT molecular complexity index is 1410. The Balaban J connectivity index is 1.19. The molecule has 5 rings (SSSR count). The van der Waals surface area contributed by atoms with E-state index < -0.39 is 5.41 Å². The minimum absolute atomic E-state index is 0.131. The van der Waals surface area contributed by atoms with Gasteiger partial charge >= 0.3 is 0 Å². The van der Waals surface area contributed by atoms with Gasteiger partial charge in [0.1, 0.15) is 11.5 Å². The Hall–Kier alpha value is -3.81. The third-order valence-electron chi connectivity index (χ3n) is 7.01. The molecule has 9 nitrogen and oxygen atoms in total. The number of benzene rings is 1. The lowest BCUT2D eigenvalue weighted by Crippen LogP contribution is -2.45. The van der Waals surface area contributed by atoms with Crippen molar-refractivity contribution in [2.75, 3.05) is 29.9 Å². The van der Waals surface area contributed by atoms with Gasteiger partial charge in [0.2, 0.25) is 5.91 Å². The van der Waals surface area contributed by atoms with Gasteiger partial charge in [-0.15, -0.1) is 11.3 Å². The minimum Gasteiger partial charge on any atom is -0.372 e. The lowest BCUT2D eigenvalue weighted by atomic mass is 9.85. The lowest BCUT2D eigenvalue weighted by Gasteiger charge is -2.36. The van der Waals surface area contributed by atoms with E-state index in [1.807, 2.05) is 36.6 Å². The standard InChI is InChI=1S/C28H30N6O3S/c1-17-13-34(14-18(2)37-17)24-6-4-5-22(31-24)23-15-38-27(32-23)33-25(35)12-30-26(36)20-8-7-19-9-10-28(3,16-29)21(19)11-20/h4-8,11,15,17-18H,9-10,12-14H2,1-3H3,(H,30,36)(H,32,33,35)/t17-,18+,28-/m1/s1. The molecule has 2 amide bonds. The van der Waals surface area contributed by atoms with Crippen LogP contribution in [0.5, 0.6) is 0 Å². The maximum atomic E-state index is 12.7. The first-order valence-electron chi connectivity index (χ1n) is 12.7. The number of aryl methyl sites for hydroxylation is 1. The molecule has 38 heavy (non-hydrogen) atoms. The van der Waals surface area contributed by atoms with Crippen LogP contribution in [0.25, 0.3) is 11.4 Å². The molecule has 0 saturated carbocycles. The van der Waals surface area contributed by atoms with E-state index in [1.165, 1.54) is 11.3 Å². The summed E-state index contributed by atoms with van der Waals surface area (Å²) in [6, 6.07) is 13.6. The number of carbonyl (C=O) groups is 2. The van der Waals surface area contributed by atoms with Crippen molar-refractivity contribution in [2.45, 2.75) is 51.2 Å². The van der Waals surface area contributed by atoms with Gasteiger partial charge < -0.3 is 20.3 Å². The third kappa shape index (κ3) is 5.39. The molecule has 1 aliphatic carbocycles. The second kappa shape index (κ2) is 10.5. The summed E-state index contributed by atoms with van der Waals surface area (Å²) in [5.74, 6) is 0.135. The average molecular weight is 531 g/mol. The van der Waals surface area contributed by atoms with E-state index in [0.29, 0.717) is 16.4 Å². The van der Waals surface area contributed by atoms with Crippen LogP contribution in [0.15, 0.2) is 41.8 Å². The van der Waals surface area contributed by atoms with E-state index in [2.05, 4.69) is 40.4 Å². The summed E-state index contributed by atoms with van der Waals surface area (Å²) in [6.07, 6.45) is 1.83. The highest BCUT2D eigenvalue weighted by Gasteiger charge is 2.35. The number of hydrogen-bond donors (Lipinski definition) is 2. The summed E-state index contributed by atoms with van der Waals surface area (Å²) in [5, 5.41) is 17.3. The molecule has 0 spiro atoms. The number of amides is 2. The number of fused-ring (bicyclic) bond motifs is 1. The smallest absolute Gasteiger partial charge is 0.251 e. The number of nitrogens with zero attached hydrogens (tertiary/aromatic N) is 4. The van der Waals surface area contributed by atoms with E-state index in [0.717, 1.165) is 48.6 Å². The zero-order chi connectivity index (χ0) is 26.9. The number of ether oxygens (including phenoxy) is 1. The molecule has 2 aromatic heterocycles. The Labute approximate surface area is 225 Å². The van der Waals surface area contributed by atoms with Crippen LogP contribution in [-0.2, 0) is 21.4 Å². The van der Waals surface area contributed by atoms with Crippen LogP contribution in [0.4, 0.5) is 10.9 Å². The number of morpholine rings is 1. The molecule has 3 heterocycles. The summed E-state index contributed by atoms with van der Waals surface area (Å²) in [5.41, 5.74) is 3.23. The summed E-state index contributed by atoms with van der Waals surface area (Å²) in [7, 11) is 0. The number of nitriles is 1. The largest absolute Gasteiger partial charge is 0.372 e. The average Bonchev–Trinajstić information content (AvgIpc) is 3.51.